The Balaban J connectivity index is 0.000000140. The molecule has 9 aromatic heterocycles. The van der Waals surface area contributed by atoms with Crippen molar-refractivity contribution in [3.05, 3.63) is 213 Å². The van der Waals surface area contributed by atoms with E-state index in [1.807, 2.05) is 37.1 Å². The third-order valence-corrected chi connectivity index (χ3v) is 23.3. The fourth-order valence-electron chi connectivity index (χ4n) is 12.8. The van der Waals surface area contributed by atoms with Gasteiger partial charge in [-0.25, -0.2) is 78.1 Å². The van der Waals surface area contributed by atoms with Gasteiger partial charge >= 0.3 is 0 Å². The van der Waals surface area contributed by atoms with Crippen LogP contribution in [0.4, 0.5) is 0 Å². The molecule has 0 aliphatic heterocycles. The fraction of sp³-hybridized carbons (Fsp3) is 0.375. The van der Waals surface area contributed by atoms with E-state index in [4.69, 9.17) is 40.5 Å². The first kappa shape index (κ1) is 70.7. The number of sulfone groups is 1. The largest absolute Gasteiger partial charge is 0.346 e. The summed E-state index contributed by atoms with van der Waals surface area (Å²) in [5, 5.41) is 3.53. The van der Waals surface area contributed by atoms with Crippen molar-refractivity contribution in [1.29, 1.82) is 0 Å². The third-order valence-electron chi connectivity index (χ3n) is 18.5. The highest BCUT2D eigenvalue weighted by Gasteiger charge is 2.26. The average molecular weight is 1430 g/mol. The molecule has 3 fully saturated rings. The summed E-state index contributed by atoms with van der Waals surface area (Å²) in [6, 6.07) is 22.3. The van der Waals surface area contributed by atoms with Gasteiger partial charge in [-0.05, 0) is 157 Å². The van der Waals surface area contributed by atoms with Crippen molar-refractivity contribution in [3.63, 3.8) is 0 Å². The number of pyridine rings is 3. The number of nitrogens with zero attached hydrogens (tertiary/aromatic N) is 11. The summed E-state index contributed by atoms with van der Waals surface area (Å²) < 4.78 is 78.4. The van der Waals surface area contributed by atoms with Gasteiger partial charge in [-0.2, -0.15) is 0 Å². The number of hydrogen-bond acceptors (Lipinski definition) is 16. The Morgan fingerprint density at radius 1 is 0.454 bits per heavy atom. The van der Waals surface area contributed by atoms with E-state index in [1.54, 1.807) is 73.1 Å². The number of nitrogens with two attached hydrogens (primary N) is 1. The van der Waals surface area contributed by atoms with Crippen LogP contribution in [0.15, 0.2) is 168 Å². The molecule has 0 bridgehead atoms. The van der Waals surface area contributed by atoms with Crippen molar-refractivity contribution in [2.24, 2.45) is 35.3 Å². The molecule has 97 heavy (non-hydrogen) atoms. The number of aromatic amines is 1. The van der Waals surface area contributed by atoms with Gasteiger partial charge in [-0.3, -0.25) is 0 Å². The molecule has 11 aromatic rings. The number of H-pyrrole nitrogens is 1. The third kappa shape index (κ3) is 18.2. The Bertz CT molecular complexity index is 4800. The number of aromatic nitrogens is 12. The Morgan fingerprint density at radius 2 is 0.814 bits per heavy atom. The van der Waals surface area contributed by atoms with E-state index in [0.29, 0.717) is 61.0 Å². The lowest BCUT2D eigenvalue weighted by molar-refractivity contribution is 0.286. The predicted molar refractivity (Wildman–Crippen MR) is 382 cm³/mol. The van der Waals surface area contributed by atoms with Gasteiger partial charge in [-0.15, -0.1) is 0 Å². The number of fused-ring (bicyclic) bond motifs is 3. The topological polar surface area (TPSA) is 270 Å². The molecular weight excluding hydrogens is 1350 g/mol. The van der Waals surface area contributed by atoms with E-state index in [1.165, 1.54) is 130 Å². The van der Waals surface area contributed by atoms with Crippen molar-refractivity contribution in [2.75, 3.05) is 6.26 Å². The van der Waals surface area contributed by atoms with E-state index in [0.717, 1.165) is 92.5 Å². The highest BCUT2D eigenvalue weighted by atomic mass is 35.5. The minimum absolute atomic E-state index is 0.131. The van der Waals surface area contributed by atoms with Crippen molar-refractivity contribution < 1.29 is 25.3 Å². The molecule has 3 N–H and O–H groups in total. The molecule has 2 aromatic carbocycles. The van der Waals surface area contributed by atoms with Crippen LogP contribution >= 0.6 is 34.8 Å². The Labute approximate surface area is 582 Å². The quantitative estimate of drug-likeness (QED) is 0.0903. The first-order valence-corrected chi connectivity index (χ1v) is 38.8. The Hall–Kier alpha value is -7.57. The summed E-state index contributed by atoms with van der Waals surface area (Å²) in [6.07, 6.45) is 40.1. The second-order valence-electron chi connectivity index (χ2n) is 26.3. The maximum Gasteiger partial charge on any atom is 0.269 e. The standard InChI is InChI=1S/C26H27ClN4O2S.C20H23ClN4.C19H15ClN4O4S2.C7H15N/c1-18-7-9-19(10-8-18)12-25-28-14-20(15-29-25)11-21-17-31(26-24(21)13-22(27)16-30-26)34(32,33)23-5-3-2-4-6-23;1-13-2-4-14(5-3-13)7-19-22-9-15(10-23-19)6-16-11-24-20-18(16)8-17(21)12-25-20;1-29(25,26)19-22-9-13(10-23-19)7-14-12-24(18-17(14)8-15(20)11-21-18)30(27,28)16-5-3-2-4-6-16;1-6-2-4-7(8)5-3-6/h2-6,13-19H,7-12H2,1H3;8-14H,2-7H2,1H3,(H,24,25);2-6,8-12H,7H2,1H3;6-7H,2-5,8H2,1H3. The molecule has 0 spiro atoms. The molecule has 0 radical (unpaired) electrons. The van der Waals surface area contributed by atoms with Crippen molar-refractivity contribution in [2.45, 2.75) is 151 Å². The zero-order chi connectivity index (χ0) is 68.4. The summed E-state index contributed by atoms with van der Waals surface area (Å²) >= 11 is 18.4. The predicted octanol–water partition coefficient (Wildman–Crippen LogP) is 14.9. The number of nitrogens with one attached hydrogen (secondary N) is 1. The molecule has 0 unspecified atom stereocenters. The van der Waals surface area contributed by atoms with Crippen molar-refractivity contribution in [1.82, 2.24) is 57.8 Å². The van der Waals surface area contributed by atoms with Crippen LogP contribution in [0, 0.1) is 29.6 Å². The van der Waals surface area contributed by atoms with Gasteiger partial charge in [0.25, 0.3) is 20.0 Å². The minimum atomic E-state index is -3.88. The van der Waals surface area contributed by atoms with E-state index < -0.39 is 29.9 Å². The molecule has 3 aliphatic rings. The van der Waals surface area contributed by atoms with Gasteiger partial charge in [-0.1, -0.05) is 118 Å². The molecule has 19 nitrogen and oxygen atoms in total. The summed E-state index contributed by atoms with van der Waals surface area (Å²) in [7, 11) is -11.2. The maximum atomic E-state index is 13.3. The molecule has 0 atom stereocenters. The smallest absolute Gasteiger partial charge is 0.269 e. The lowest BCUT2D eigenvalue weighted by Gasteiger charge is -2.25. The van der Waals surface area contributed by atoms with Crippen LogP contribution in [0.25, 0.3) is 33.1 Å². The molecule has 3 saturated carbocycles. The second kappa shape index (κ2) is 31.5. The normalized spacial score (nSPS) is 19.1. The van der Waals surface area contributed by atoms with Gasteiger partial charge in [0.2, 0.25) is 15.0 Å². The number of benzene rings is 2. The minimum Gasteiger partial charge on any atom is -0.346 e. The Kier molecular flexibility index (Phi) is 23.0. The van der Waals surface area contributed by atoms with Crippen LogP contribution in [0.2, 0.25) is 15.1 Å². The highest BCUT2D eigenvalue weighted by Crippen LogP contribution is 2.34. The number of rotatable bonds is 15. The first-order valence-electron chi connectivity index (χ1n) is 32.9. The molecule has 0 saturated heterocycles. The maximum absolute atomic E-state index is 13.3. The van der Waals surface area contributed by atoms with Gasteiger partial charge in [0, 0.05) is 135 Å². The van der Waals surface area contributed by atoms with E-state index >= 15 is 0 Å². The van der Waals surface area contributed by atoms with Crippen LogP contribution in [0.3, 0.4) is 0 Å². The zero-order valence-corrected chi connectivity index (χ0v) is 59.4. The van der Waals surface area contributed by atoms with Gasteiger partial charge < -0.3 is 10.7 Å². The molecule has 508 valence electrons. The molecular formula is C72H80Cl3N13O6S3. The zero-order valence-electron chi connectivity index (χ0n) is 54.7. The lowest BCUT2D eigenvalue weighted by atomic mass is 9.81. The summed E-state index contributed by atoms with van der Waals surface area (Å²) in [4.78, 5) is 42.6. The van der Waals surface area contributed by atoms with Gasteiger partial charge in [0.15, 0.2) is 11.3 Å². The molecule has 14 rings (SSSR count). The van der Waals surface area contributed by atoms with Crippen LogP contribution in [0.1, 0.15) is 143 Å². The molecule has 3 aliphatic carbocycles. The van der Waals surface area contributed by atoms with Crippen molar-refractivity contribution in [3.8, 4) is 0 Å². The summed E-state index contributed by atoms with van der Waals surface area (Å²) in [5.41, 5.74) is 12.4. The molecule has 0 amide bonds. The van der Waals surface area contributed by atoms with Gasteiger partial charge in [0.05, 0.1) is 24.9 Å². The van der Waals surface area contributed by atoms with E-state index in [-0.39, 0.29) is 27.0 Å². The second-order valence-corrected chi connectivity index (χ2v) is 33.2. The van der Waals surface area contributed by atoms with Crippen LogP contribution in [0.5, 0.6) is 0 Å². The SMILES string of the molecule is CC1CCC(Cc2ncc(Cc3c[nH]c4ncc(Cl)cc34)cn2)CC1.CC1CCC(Cc2ncc(Cc3cn(S(=O)(=O)c4ccccc4)c4ncc(Cl)cc34)cn2)CC1.CC1CCC(N)CC1.CS(=O)(=O)c1ncc(Cc2cn(S(=O)(=O)c3ccccc3)c3ncc(Cl)cc23)cn1. The van der Waals surface area contributed by atoms with E-state index in [2.05, 4.69) is 70.6 Å². The van der Waals surface area contributed by atoms with Gasteiger partial charge in [0.1, 0.15) is 17.3 Å². The van der Waals surface area contributed by atoms with Crippen LogP contribution in [-0.4, -0.2) is 95.3 Å². The highest BCUT2D eigenvalue weighted by molar-refractivity contribution is 7.90. The molecule has 25 heteroatoms. The first-order chi connectivity index (χ1) is 46.5. The number of hydrogen-bond donors (Lipinski definition) is 2. The fourth-order valence-corrected chi connectivity index (χ4v) is 16.5. The average Bonchev–Trinajstić information content (AvgIpc) is 1.63. The number of halogens is 3. The van der Waals surface area contributed by atoms with Crippen LogP contribution in [-0.2, 0) is 62.0 Å². The van der Waals surface area contributed by atoms with E-state index in [9.17, 15) is 25.3 Å². The summed E-state index contributed by atoms with van der Waals surface area (Å²) in [6.45, 7) is 6.99. The summed E-state index contributed by atoms with van der Waals surface area (Å²) in [5.74, 6) is 5.93. The Morgan fingerprint density at radius 3 is 1.21 bits per heavy atom. The lowest BCUT2D eigenvalue weighted by Crippen LogP contribution is -2.25. The van der Waals surface area contributed by atoms with Crippen LogP contribution < -0.4 is 5.73 Å². The monoisotopic (exact) mass is 1420 g/mol. The molecule has 9 heterocycles. The van der Waals surface area contributed by atoms with Crippen molar-refractivity contribution >= 4 is 97.8 Å².